The second-order valence-electron chi connectivity index (χ2n) is 8.37. The van der Waals surface area contributed by atoms with Gasteiger partial charge in [0.15, 0.2) is 0 Å². The number of nitrogens with one attached hydrogen (secondary N) is 1. The number of hydrogen-bond donors (Lipinski definition) is 2. The fraction of sp³-hybridized carbons (Fsp3) is 0.476. The van der Waals surface area contributed by atoms with Crippen LogP contribution in [0.25, 0.3) is 11.1 Å². The summed E-state index contributed by atoms with van der Waals surface area (Å²) in [7, 11) is 0. The first-order valence-corrected chi connectivity index (χ1v) is 9.93. The molecular weight excluding hydrogens is 413 g/mol. The van der Waals surface area contributed by atoms with Crippen LogP contribution in [0.4, 0.5) is 29.6 Å². The van der Waals surface area contributed by atoms with Gasteiger partial charge in [-0.3, -0.25) is 5.32 Å². The molecule has 1 aliphatic rings. The maximum atomic E-state index is 13.7. The largest absolute Gasteiger partial charge is 0.472 e. The van der Waals surface area contributed by atoms with Crippen LogP contribution in [0.2, 0.25) is 0 Å². The molecule has 1 fully saturated rings. The summed E-state index contributed by atoms with van der Waals surface area (Å²) in [5.74, 6) is 0.465. The summed E-state index contributed by atoms with van der Waals surface area (Å²) >= 11 is 0. The van der Waals surface area contributed by atoms with E-state index in [1.165, 1.54) is 17.2 Å². The highest BCUT2D eigenvalue weighted by atomic mass is 19.4. The zero-order chi connectivity index (χ0) is 22.8. The molecule has 0 aromatic carbocycles. The highest BCUT2D eigenvalue weighted by Gasteiger charge is 2.45. The molecule has 3 heterocycles. The molecule has 1 amide bonds. The quantitative estimate of drug-likeness (QED) is 0.671. The number of pyridine rings is 2. The maximum absolute atomic E-state index is 13.7. The number of alkyl halides is 3. The number of nitrogens with zero attached hydrogens (tertiary/aromatic N) is 3. The summed E-state index contributed by atoms with van der Waals surface area (Å²) < 4.78 is 46.9. The number of carbonyl (C=O) groups is 1. The fourth-order valence-corrected chi connectivity index (χ4v) is 3.51. The Bertz CT molecular complexity index is 944. The lowest BCUT2D eigenvalue weighted by molar-refractivity contribution is -0.152. The normalized spacial score (nSPS) is 17.4. The second-order valence-corrected chi connectivity index (χ2v) is 8.37. The Morgan fingerprint density at radius 1 is 1.19 bits per heavy atom. The monoisotopic (exact) mass is 438 g/mol. The van der Waals surface area contributed by atoms with Gasteiger partial charge in [0.05, 0.1) is 0 Å². The Labute approximate surface area is 178 Å². The van der Waals surface area contributed by atoms with Gasteiger partial charge in [-0.05, 0) is 69.4 Å². The third kappa shape index (κ3) is 5.99. The van der Waals surface area contributed by atoms with Crippen molar-refractivity contribution in [3.8, 4) is 17.0 Å². The minimum absolute atomic E-state index is 0.00675. The average molecular weight is 438 g/mol. The summed E-state index contributed by atoms with van der Waals surface area (Å²) in [4.78, 5) is 20.5. The van der Waals surface area contributed by atoms with Crippen LogP contribution < -0.4 is 15.0 Å². The fourth-order valence-electron chi connectivity index (χ4n) is 3.51. The summed E-state index contributed by atoms with van der Waals surface area (Å²) in [6.45, 7) is 5.70. The van der Waals surface area contributed by atoms with E-state index < -0.39 is 23.9 Å². The van der Waals surface area contributed by atoms with Crippen LogP contribution in [0, 0.1) is 0 Å². The van der Waals surface area contributed by atoms with Crippen LogP contribution in [0.15, 0.2) is 30.5 Å². The van der Waals surface area contributed by atoms with Crippen LogP contribution in [-0.4, -0.2) is 45.5 Å². The van der Waals surface area contributed by atoms with Gasteiger partial charge in [-0.1, -0.05) is 0 Å². The molecule has 1 aliphatic heterocycles. The van der Waals surface area contributed by atoms with Gasteiger partial charge in [0.1, 0.15) is 23.3 Å². The predicted octanol–water partition coefficient (Wildman–Crippen LogP) is 5.33. The van der Waals surface area contributed by atoms with Crippen molar-refractivity contribution >= 4 is 17.7 Å². The molecule has 7 nitrogen and oxygen atoms in total. The van der Waals surface area contributed by atoms with Gasteiger partial charge < -0.3 is 14.7 Å². The number of anilines is 2. The lowest BCUT2D eigenvalue weighted by Gasteiger charge is -2.38. The van der Waals surface area contributed by atoms with E-state index >= 15 is 0 Å². The van der Waals surface area contributed by atoms with Crippen LogP contribution in [-0.2, 0) is 0 Å². The molecule has 31 heavy (non-hydrogen) atoms. The molecule has 0 aliphatic carbocycles. The maximum Gasteiger partial charge on any atom is 0.410 e. The van der Waals surface area contributed by atoms with Crippen molar-refractivity contribution in [2.45, 2.75) is 57.9 Å². The molecule has 0 spiro atoms. The lowest BCUT2D eigenvalue weighted by Crippen LogP contribution is -2.49. The second kappa shape index (κ2) is 8.60. The topological polar surface area (TPSA) is 87.6 Å². The smallest absolute Gasteiger partial charge is 0.410 e. The van der Waals surface area contributed by atoms with E-state index in [1.807, 2.05) is 20.8 Å². The first-order valence-electron chi connectivity index (χ1n) is 9.93. The third-order valence-electron chi connectivity index (χ3n) is 4.70. The predicted molar refractivity (Wildman–Crippen MR) is 111 cm³/mol. The van der Waals surface area contributed by atoms with E-state index in [0.717, 1.165) is 0 Å². The molecule has 0 bridgehead atoms. The number of ether oxygens (including phenoxy) is 1. The third-order valence-corrected chi connectivity index (χ3v) is 4.70. The first-order chi connectivity index (χ1) is 14.4. The SMILES string of the molecule is CC(C)(C)Oc1cc(-c2ccnc(NC(=O)O)c2)cc(N2CCCCC2C(F)(F)F)n1. The standard InChI is InChI=1S/C21H25F3N4O3/c1-20(2,3)31-18-12-14(13-7-8-25-16(10-13)26-19(29)30)11-17(27-18)28-9-5-4-6-15(28)21(22,23)24/h7-8,10-12,15H,4-6,9H2,1-3H3,(H,25,26)(H,29,30). The number of amides is 1. The van der Waals surface area contributed by atoms with Crippen molar-refractivity contribution in [3.05, 3.63) is 30.5 Å². The van der Waals surface area contributed by atoms with Gasteiger partial charge in [0.2, 0.25) is 5.88 Å². The van der Waals surface area contributed by atoms with Crippen LogP contribution in [0.1, 0.15) is 40.0 Å². The van der Waals surface area contributed by atoms with E-state index in [-0.39, 0.29) is 30.5 Å². The molecule has 0 saturated carbocycles. The van der Waals surface area contributed by atoms with Crippen molar-refractivity contribution in [1.82, 2.24) is 9.97 Å². The highest BCUT2D eigenvalue weighted by Crippen LogP contribution is 2.37. The molecule has 10 heteroatoms. The minimum Gasteiger partial charge on any atom is -0.472 e. The Balaban J connectivity index is 2.08. The van der Waals surface area contributed by atoms with E-state index in [2.05, 4.69) is 15.3 Å². The minimum atomic E-state index is -4.38. The van der Waals surface area contributed by atoms with Gasteiger partial charge in [0, 0.05) is 18.8 Å². The summed E-state index contributed by atoms with van der Waals surface area (Å²) in [6, 6.07) is 4.73. The number of carboxylic acid groups (broad SMARTS) is 1. The number of halogens is 3. The van der Waals surface area contributed by atoms with Gasteiger partial charge in [-0.15, -0.1) is 0 Å². The van der Waals surface area contributed by atoms with Crippen molar-refractivity contribution in [3.63, 3.8) is 0 Å². The Morgan fingerprint density at radius 3 is 2.58 bits per heavy atom. The Morgan fingerprint density at radius 2 is 1.94 bits per heavy atom. The average Bonchev–Trinajstić information content (AvgIpc) is 2.65. The Hall–Kier alpha value is -3.04. The first kappa shape index (κ1) is 22.6. The molecule has 1 unspecified atom stereocenters. The number of rotatable bonds is 4. The highest BCUT2D eigenvalue weighted by molar-refractivity contribution is 5.83. The number of aromatic nitrogens is 2. The van der Waals surface area contributed by atoms with Gasteiger partial charge in [0.25, 0.3) is 0 Å². The number of hydrogen-bond acceptors (Lipinski definition) is 5. The zero-order valence-corrected chi connectivity index (χ0v) is 17.5. The van der Waals surface area contributed by atoms with E-state index in [9.17, 15) is 18.0 Å². The molecule has 0 radical (unpaired) electrons. The van der Waals surface area contributed by atoms with Gasteiger partial charge >= 0.3 is 12.3 Å². The lowest BCUT2D eigenvalue weighted by atomic mass is 10.0. The molecule has 2 aromatic heterocycles. The van der Waals surface area contributed by atoms with E-state index in [1.54, 1.807) is 18.2 Å². The molecule has 2 aromatic rings. The number of piperidine rings is 1. The summed E-state index contributed by atoms with van der Waals surface area (Å²) in [5, 5.41) is 11.1. The van der Waals surface area contributed by atoms with E-state index in [4.69, 9.17) is 9.84 Å². The van der Waals surface area contributed by atoms with Crippen LogP contribution in [0.3, 0.4) is 0 Å². The van der Waals surface area contributed by atoms with E-state index in [0.29, 0.717) is 24.0 Å². The van der Waals surface area contributed by atoms with Crippen LogP contribution >= 0.6 is 0 Å². The molecule has 1 saturated heterocycles. The van der Waals surface area contributed by atoms with Crippen molar-refractivity contribution < 1.29 is 27.8 Å². The van der Waals surface area contributed by atoms with Crippen molar-refractivity contribution in [2.75, 3.05) is 16.8 Å². The van der Waals surface area contributed by atoms with Gasteiger partial charge in [-0.25, -0.2) is 9.78 Å². The van der Waals surface area contributed by atoms with Crippen molar-refractivity contribution in [2.24, 2.45) is 0 Å². The van der Waals surface area contributed by atoms with Crippen molar-refractivity contribution in [1.29, 1.82) is 0 Å². The van der Waals surface area contributed by atoms with Crippen LogP contribution in [0.5, 0.6) is 5.88 Å². The molecule has 2 N–H and O–H groups in total. The van der Waals surface area contributed by atoms with Gasteiger partial charge in [-0.2, -0.15) is 18.2 Å². The Kier molecular flexibility index (Phi) is 6.28. The molecule has 1 atom stereocenters. The molecule has 3 rings (SSSR count). The summed E-state index contributed by atoms with van der Waals surface area (Å²) in [5.41, 5.74) is 0.510. The zero-order valence-electron chi connectivity index (χ0n) is 17.5. The summed E-state index contributed by atoms with van der Waals surface area (Å²) in [6.07, 6.45) is -3.08. The molecule has 168 valence electrons. The molecular formula is C21H25F3N4O3.